The molecule has 0 aliphatic rings. The van der Waals surface area contributed by atoms with Gasteiger partial charge in [-0.2, -0.15) is 158 Å². The van der Waals surface area contributed by atoms with Gasteiger partial charge in [-0.1, -0.05) is 12.8 Å². The Bertz CT molecular complexity index is 1840. The van der Waals surface area contributed by atoms with Crippen LogP contribution in [-0.2, 0) is 9.47 Å². The van der Waals surface area contributed by atoms with E-state index in [9.17, 15) is 185 Å². The summed E-state index contributed by atoms with van der Waals surface area (Å²) < 4.78 is 547. The smallest absolute Gasteiger partial charge is 0.407 e. The Kier molecular flexibility index (Phi) is 19.9. The van der Waals surface area contributed by atoms with E-state index in [1.165, 1.54) is 10.6 Å². The lowest BCUT2D eigenvalue weighted by Crippen LogP contribution is -2.76. The molecule has 0 saturated carbocycles. The largest absolute Gasteiger partial charge is 0.443 e. The molecule has 0 rings (SSSR count). The van der Waals surface area contributed by atoms with Gasteiger partial charge in [0, 0.05) is 13.1 Å². The number of ether oxygens (including phenoxy) is 2. The van der Waals surface area contributed by atoms with E-state index in [1.807, 2.05) is 0 Å². The van der Waals surface area contributed by atoms with Crippen molar-refractivity contribution in [2.45, 2.75) is 145 Å². The zero-order valence-electron chi connectivity index (χ0n) is 34.6. The van der Waals surface area contributed by atoms with Gasteiger partial charge in [-0.05, 0) is 12.8 Å². The Morgan fingerprint density at radius 2 is 0.447 bits per heavy atom. The predicted molar refractivity (Wildman–Crippen MR) is 158 cm³/mol. The summed E-state index contributed by atoms with van der Waals surface area (Å²) in [6.45, 7) is -9.61. The van der Waals surface area contributed by atoms with Crippen molar-refractivity contribution in [1.82, 2.24) is 10.6 Å². The van der Waals surface area contributed by atoms with Crippen LogP contribution in [0, 0.1) is 0 Å². The van der Waals surface area contributed by atoms with E-state index in [0.717, 1.165) is 0 Å². The molecular formula is C30H20F40N2O4. The maximum absolute atomic E-state index is 14.0. The second-order valence-corrected chi connectivity index (χ2v) is 14.7. The van der Waals surface area contributed by atoms with Gasteiger partial charge < -0.3 is 20.1 Å². The number of unbranched alkanes of at least 4 members (excludes halogenated alkanes) is 3. The molecule has 46 heteroatoms. The summed E-state index contributed by atoms with van der Waals surface area (Å²) >= 11 is 0. The molecular weight excluding hydrogens is 1210 g/mol. The van der Waals surface area contributed by atoms with Crippen LogP contribution in [0.2, 0.25) is 0 Å². The minimum Gasteiger partial charge on any atom is -0.443 e. The molecule has 76 heavy (non-hydrogen) atoms. The summed E-state index contributed by atoms with van der Waals surface area (Å²) in [4.78, 5) is 22.9. The molecule has 0 saturated heterocycles. The first kappa shape index (κ1) is 71.7. The van der Waals surface area contributed by atoms with E-state index in [-0.39, 0.29) is 0 Å². The van der Waals surface area contributed by atoms with E-state index >= 15 is 0 Å². The van der Waals surface area contributed by atoms with Gasteiger partial charge >= 0.3 is 132 Å². The van der Waals surface area contributed by atoms with Gasteiger partial charge in [0.05, 0.1) is 0 Å². The fraction of sp³-hybridized carbons (Fsp3) is 0.933. The van der Waals surface area contributed by atoms with E-state index in [0.29, 0.717) is 0 Å². The number of alkyl carbamates (subject to hydrolysis) is 2. The first-order valence-electron chi connectivity index (χ1n) is 18.1. The summed E-state index contributed by atoms with van der Waals surface area (Å²) in [7, 11) is 0. The van der Waals surface area contributed by atoms with Gasteiger partial charge in [0.25, 0.3) is 0 Å². The average molecular weight is 1230 g/mol. The number of hydrogen-bond donors (Lipinski definition) is 2. The lowest BCUT2D eigenvalue weighted by molar-refractivity contribution is -0.465. The van der Waals surface area contributed by atoms with E-state index in [1.54, 1.807) is 0 Å². The molecule has 0 unspecified atom stereocenters. The number of carbonyl (C=O) groups excluding carboxylic acids is 2. The molecule has 454 valence electrons. The van der Waals surface area contributed by atoms with Crippen LogP contribution in [0.3, 0.4) is 0 Å². The van der Waals surface area contributed by atoms with Gasteiger partial charge in [0.2, 0.25) is 0 Å². The van der Waals surface area contributed by atoms with Gasteiger partial charge in [0.1, 0.15) is 0 Å². The van der Waals surface area contributed by atoms with Crippen molar-refractivity contribution in [1.29, 1.82) is 0 Å². The van der Waals surface area contributed by atoms with Crippen molar-refractivity contribution in [3.8, 4) is 0 Å². The maximum atomic E-state index is 14.0. The molecule has 6 nitrogen and oxygen atoms in total. The number of alkyl halides is 40. The van der Waals surface area contributed by atoms with Crippen LogP contribution in [-0.4, -0.2) is 158 Å². The Morgan fingerprint density at radius 3 is 0.632 bits per heavy atom. The standard InChI is InChI=1S/C30H20F40N2O4/c31-9(32)15(39,40)19(47,48)23(55,56)27(63,64)29(67,68)25(59,60)21(51,52)17(43,44)13(35,36)7-75-11(73)71-5-3-1-2-4-6-72-12(74)76-8-14(37,38)18(45,46)22(53,54)26(61,62)30(69,70)28(65,66)24(57,58)20(49,50)16(41,42)10(33)34/h9-10H,1-8H2,(H,71,73)(H,72,74). The van der Waals surface area contributed by atoms with Crippen molar-refractivity contribution < 1.29 is 195 Å². The highest BCUT2D eigenvalue weighted by Gasteiger charge is 2.99. The highest BCUT2D eigenvalue weighted by atomic mass is 19.4. The maximum Gasteiger partial charge on any atom is 0.407 e. The van der Waals surface area contributed by atoms with Gasteiger partial charge in [-0.15, -0.1) is 0 Å². The van der Waals surface area contributed by atoms with Crippen LogP contribution in [0.15, 0.2) is 0 Å². The molecule has 0 fully saturated rings. The molecule has 2 N–H and O–H groups in total. The third-order valence-corrected chi connectivity index (χ3v) is 9.45. The lowest BCUT2D eigenvalue weighted by atomic mass is 9.86. The van der Waals surface area contributed by atoms with Crippen LogP contribution in [0.1, 0.15) is 25.7 Å². The van der Waals surface area contributed by atoms with Gasteiger partial charge in [-0.25, -0.2) is 27.2 Å². The molecule has 0 bridgehead atoms. The van der Waals surface area contributed by atoms with Crippen LogP contribution in [0.4, 0.5) is 185 Å². The Balaban J connectivity index is 5.62. The van der Waals surface area contributed by atoms with Crippen molar-refractivity contribution in [2.75, 3.05) is 26.3 Å². The monoisotopic (exact) mass is 1230 g/mol. The van der Waals surface area contributed by atoms with Crippen molar-refractivity contribution >= 4 is 12.2 Å². The second kappa shape index (κ2) is 21.1. The summed E-state index contributed by atoms with van der Waals surface area (Å²) in [6, 6.07) is 0. The number of rotatable bonds is 29. The number of hydrogen-bond acceptors (Lipinski definition) is 4. The Labute approximate surface area is 390 Å². The normalized spacial score (nSPS) is 15.9. The highest BCUT2D eigenvalue weighted by Crippen LogP contribution is 2.68. The Hall–Kier alpha value is -4.26. The minimum absolute atomic E-state index is 0.467. The zero-order chi connectivity index (χ0) is 61.8. The fourth-order valence-electron chi connectivity index (χ4n) is 4.70. The third kappa shape index (κ3) is 10.8. The molecule has 2 amide bonds. The average Bonchev–Trinajstić information content (AvgIpc) is 3.24. The quantitative estimate of drug-likeness (QED) is 0.0578. The zero-order valence-corrected chi connectivity index (χ0v) is 34.6. The first-order chi connectivity index (χ1) is 32.9. The summed E-state index contributed by atoms with van der Waals surface area (Å²) in [5.74, 6) is -156. The topological polar surface area (TPSA) is 76.7 Å². The molecule has 0 aliphatic carbocycles. The van der Waals surface area contributed by atoms with Crippen molar-refractivity contribution in [3.63, 3.8) is 0 Å². The van der Waals surface area contributed by atoms with Gasteiger partial charge in [0.15, 0.2) is 13.2 Å². The molecule has 0 spiro atoms. The number of halogens is 40. The molecule has 0 atom stereocenters. The molecule has 0 aromatic rings. The first-order valence-corrected chi connectivity index (χ1v) is 18.1. The minimum atomic E-state index is -9.32. The number of nitrogens with one attached hydrogen (secondary N) is 2. The summed E-state index contributed by atoms with van der Waals surface area (Å²) in [5, 5.41) is 2.40. The van der Waals surface area contributed by atoms with E-state index in [4.69, 9.17) is 0 Å². The molecule has 0 radical (unpaired) electrons. The summed E-state index contributed by atoms with van der Waals surface area (Å²) in [5.41, 5.74) is 0. The summed E-state index contributed by atoms with van der Waals surface area (Å²) in [6.07, 6.45) is -19.9. The molecule has 0 aromatic heterocycles. The third-order valence-electron chi connectivity index (χ3n) is 9.45. The van der Waals surface area contributed by atoms with Crippen molar-refractivity contribution in [2.24, 2.45) is 0 Å². The van der Waals surface area contributed by atoms with Crippen LogP contribution >= 0.6 is 0 Å². The lowest BCUT2D eigenvalue weighted by Gasteiger charge is -2.44. The van der Waals surface area contributed by atoms with Crippen molar-refractivity contribution in [3.05, 3.63) is 0 Å². The molecule has 0 aromatic carbocycles. The number of carbonyl (C=O) groups is 2. The van der Waals surface area contributed by atoms with Crippen LogP contribution in [0.5, 0.6) is 0 Å². The second-order valence-electron chi connectivity index (χ2n) is 14.7. The highest BCUT2D eigenvalue weighted by molar-refractivity contribution is 5.67. The Morgan fingerprint density at radius 1 is 0.276 bits per heavy atom. The van der Waals surface area contributed by atoms with Crippen LogP contribution in [0.25, 0.3) is 0 Å². The predicted octanol–water partition coefficient (Wildman–Crippen LogP) is 14.0. The fourth-order valence-corrected chi connectivity index (χ4v) is 4.70. The number of amides is 2. The van der Waals surface area contributed by atoms with E-state index < -0.39 is 184 Å². The molecule has 0 aliphatic heterocycles. The van der Waals surface area contributed by atoms with Crippen LogP contribution < -0.4 is 10.6 Å². The van der Waals surface area contributed by atoms with Gasteiger partial charge in [-0.3, -0.25) is 0 Å². The molecule has 0 heterocycles. The van der Waals surface area contributed by atoms with E-state index in [2.05, 4.69) is 9.47 Å². The SMILES string of the molecule is O=C(NCCCCCCNC(=O)OCC(F)(F)C(F)(F)C(F)(F)C(F)(F)C(F)(F)C(F)(F)C(F)(F)C(F)(F)C(F)(F)C(F)F)OCC(F)(F)C(F)(F)C(F)(F)C(F)(F)C(F)(F)C(F)(F)C(F)(F)C(F)(F)C(F)(F)C(F)F.